The van der Waals surface area contributed by atoms with Gasteiger partial charge in [-0.25, -0.2) is 13.6 Å². The summed E-state index contributed by atoms with van der Waals surface area (Å²) < 4.78 is 135. The Bertz CT molecular complexity index is 1750. The van der Waals surface area contributed by atoms with Gasteiger partial charge in [-0.2, -0.15) is 26.3 Å². The van der Waals surface area contributed by atoms with E-state index >= 15 is 8.78 Å². The van der Waals surface area contributed by atoms with Crippen LogP contribution in [0, 0.1) is 17.0 Å². The van der Waals surface area contributed by atoms with Crippen LogP contribution >= 0.6 is 0 Å². The SMILES string of the molecule is COCOc1ccc(-c2cc(F)c(OC)c(C3=C(CN4C(=O)O[C@H](c5cc(C(F)(F)F)cc(C(F)(F)F)c5)[C@@H]4C)CC(C)(C)CC3)c2F)cc1. The number of alkyl halides is 6. The van der Waals surface area contributed by atoms with Crippen molar-refractivity contribution >= 4 is 11.7 Å². The molecule has 1 saturated heterocycles. The Morgan fingerprint density at radius 1 is 0.940 bits per heavy atom. The van der Waals surface area contributed by atoms with Gasteiger partial charge in [0.25, 0.3) is 0 Å². The van der Waals surface area contributed by atoms with E-state index in [4.69, 9.17) is 18.9 Å². The van der Waals surface area contributed by atoms with Crippen LogP contribution in [0.5, 0.6) is 11.5 Å². The summed E-state index contributed by atoms with van der Waals surface area (Å²) in [5, 5.41) is 0. The van der Waals surface area contributed by atoms with Crippen LogP contribution in [0.15, 0.2) is 54.1 Å². The number of hydrogen-bond acceptors (Lipinski definition) is 5. The van der Waals surface area contributed by atoms with Crippen LogP contribution in [-0.4, -0.2) is 44.6 Å². The first kappa shape index (κ1) is 36.9. The highest BCUT2D eigenvalue weighted by molar-refractivity contribution is 5.81. The summed E-state index contributed by atoms with van der Waals surface area (Å²) in [6, 6.07) is 7.31. The molecule has 0 radical (unpaired) electrons. The van der Waals surface area contributed by atoms with Crippen molar-refractivity contribution in [1.29, 1.82) is 0 Å². The van der Waals surface area contributed by atoms with E-state index in [1.807, 2.05) is 13.8 Å². The molecule has 5 rings (SSSR count). The lowest BCUT2D eigenvalue weighted by molar-refractivity contribution is -0.143. The average Bonchev–Trinajstić information content (AvgIpc) is 3.32. The molecule has 50 heavy (non-hydrogen) atoms. The monoisotopic (exact) mass is 713 g/mol. The van der Waals surface area contributed by atoms with E-state index in [1.54, 1.807) is 24.3 Å². The Hall–Kier alpha value is -4.33. The van der Waals surface area contributed by atoms with Crippen LogP contribution in [-0.2, 0) is 21.8 Å². The number of amides is 1. The average molecular weight is 714 g/mol. The van der Waals surface area contributed by atoms with Crippen LogP contribution in [0.1, 0.15) is 68.4 Å². The summed E-state index contributed by atoms with van der Waals surface area (Å²) in [5.74, 6) is -1.53. The standard InChI is InChI=1S/C36H35F8NO5/c1-19-31(21-12-23(35(39,40)41)14-24(13-21)36(42,43)44)50-33(46)45(19)17-22-16-34(2,3)11-10-26(22)29-30(38)27(15-28(37)32(29)48-5)20-6-8-25(9-7-20)49-18-47-4/h6-9,12-15,19,31H,10-11,16-18H2,1-5H3/t19-,31-/m0/s1. The van der Waals surface area contributed by atoms with Crippen molar-refractivity contribution in [2.24, 2.45) is 5.41 Å². The molecular formula is C36H35F8NO5. The molecule has 1 aliphatic carbocycles. The Morgan fingerprint density at radius 3 is 2.12 bits per heavy atom. The summed E-state index contributed by atoms with van der Waals surface area (Å²) in [6.07, 6.45) is -11.5. The Labute approximate surface area is 283 Å². The molecule has 0 saturated carbocycles. The molecule has 1 aliphatic heterocycles. The lowest BCUT2D eigenvalue weighted by Gasteiger charge is -2.36. The van der Waals surface area contributed by atoms with Gasteiger partial charge < -0.3 is 18.9 Å². The maximum absolute atomic E-state index is 16.6. The van der Waals surface area contributed by atoms with Gasteiger partial charge in [0, 0.05) is 19.2 Å². The van der Waals surface area contributed by atoms with Gasteiger partial charge in [0.15, 0.2) is 18.4 Å². The smallest absolute Gasteiger partial charge is 0.416 e. The second kappa shape index (κ2) is 13.8. The molecule has 0 bridgehead atoms. The van der Waals surface area contributed by atoms with Crippen LogP contribution in [0.25, 0.3) is 16.7 Å². The Balaban J connectivity index is 1.57. The highest BCUT2D eigenvalue weighted by Crippen LogP contribution is 2.49. The number of ether oxygens (including phenoxy) is 4. The van der Waals surface area contributed by atoms with E-state index in [-0.39, 0.29) is 48.1 Å². The summed E-state index contributed by atoms with van der Waals surface area (Å²) in [7, 11) is 2.65. The quantitative estimate of drug-likeness (QED) is 0.163. The third-order valence-electron chi connectivity index (χ3n) is 9.05. The number of halogens is 8. The first-order chi connectivity index (χ1) is 23.3. The number of carbonyl (C=O) groups is 1. The van der Waals surface area contributed by atoms with Gasteiger partial charge >= 0.3 is 18.4 Å². The maximum Gasteiger partial charge on any atom is 0.416 e. The number of nitrogens with zero attached hydrogens (tertiary/aromatic N) is 1. The lowest BCUT2D eigenvalue weighted by atomic mass is 9.72. The van der Waals surface area contributed by atoms with Crippen molar-refractivity contribution in [3.63, 3.8) is 0 Å². The molecule has 3 aromatic carbocycles. The topological polar surface area (TPSA) is 57.2 Å². The molecule has 6 nitrogen and oxygen atoms in total. The fourth-order valence-electron chi connectivity index (χ4n) is 6.52. The first-order valence-corrected chi connectivity index (χ1v) is 15.6. The largest absolute Gasteiger partial charge is 0.493 e. The summed E-state index contributed by atoms with van der Waals surface area (Å²) in [6.45, 7) is 5.13. The van der Waals surface area contributed by atoms with Gasteiger partial charge in [0.1, 0.15) is 17.7 Å². The Morgan fingerprint density at radius 2 is 1.56 bits per heavy atom. The van der Waals surface area contributed by atoms with Crippen molar-refractivity contribution in [2.45, 2.75) is 64.5 Å². The number of rotatable bonds is 9. The molecule has 3 aromatic rings. The number of methoxy groups -OCH3 is 2. The minimum absolute atomic E-state index is 0.00262. The fourth-order valence-corrected chi connectivity index (χ4v) is 6.52. The van der Waals surface area contributed by atoms with Gasteiger partial charge in [0.2, 0.25) is 0 Å². The van der Waals surface area contributed by atoms with Crippen molar-refractivity contribution in [2.75, 3.05) is 27.6 Å². The third-order valence-corrected chi connectivity index (χ3v) is 9.05. The number of hydrogen-bond donors (Lipinski definition) is 0. The number of benzene rings is 3. The molecule has 1 heterocycles. The first-order valence-electron chi connectivity index (χ1n) is 15.6. The van der Waals surface area contributed by atoms with Gasteiger partial charge in [-0.05, 0) is 90.3 Å². The van der Waals surface area contributed by atoms with E-state index in [2.05, 4.69) is 0 Å². The number of allylic oxidation sites excluding steroid dienone is 1. The van der Waals surface area contributed by atoms with Crippen LogP contribution in [0.3, 0.4) is 0 Å². The molecule has 0 N–H and O–H groups in total. The highest BCUT2D eigenvalue weighted by Gasteiger charge is 2.44. The minimum Gasteiger partial charge on any atom is -0.493 e. The van der Waals surface area contributed by atoms with E-state index in [9.17, 15) is 31.1 Å². The van der Waals surface area contributed by atoms with Crippen molar-refractivity contribution in [1.82, 2.24) is 4.90 Å². The van der Waals surface area contributed by atoms with E-state index < -0.39 is 58.9 Å². The van der Waals surface area contributed by atoms with Gasteiger partial charge in [-0.1, -0.05) is 26.0 Å². The van der Waals surface area contributed by atoms with Gasteiger partial charge in [-0.15, -0.1) is 0 Å². The Kier molecular flexibility index (Phi) is 10.2. The highest BCUT2D eigenvalue weighted by atomic mass is 19.4. The molecule has 270 valence electrons. The van der Waals surface area contributed by atoms with Crippen molar-refractivity contribution < 1.29 is 58.9 Å². The third kappa shape index (κ3) is 7.54. The predicted octanol–water partition coefficient (Wildman–Crippen LogP) is 10.2. The normalized spacial score (nSPS) is 19.5. The minimum atomic E-state index is -5.10. The molecule has 0 aromatic heterocycles. The van der Waals surface area contributed by atoms with E-state index in [0.29, 0.717) is 47.4 Å². The fraction of sp³-hybridized carbons (Fsp3) is 0.417. The molecule has 2 atom stereocenters. The molecule has 1 fully saturated rings. The number of cyclic esters (lactones) is 1. The van der Waals surface area contributed by atoms with Crippen molar-refractivity contribution in [3.05, 3.63) is 88.0 Å². The van der Waals surface area contributed by atoms with Crippen LogP contribution in [0.4, 0.5) is 39.9 Å². The zero-order valence-corrected chi connectivity index (χ0v) is 27.8. The molecule has 2 aliphatic rings. The molecule has 14 heteroatoms. The summed E-state index contributed by atoms with van der Waals surface area (Å²) >= 11 is 0. The molecule has 1 amide bonds. The maximum atomic E-state index is 16.6. The molecule has 0 unspecified atom stereocenters. The predicted molar refractivity (Wildman–Crippen MR) is 167 cm³/mol. The van der Waals surface area contributed by atoms with Gasteiger partial charge in [0.05, 0.1) is 29.8 Å². The van der Waals surface area contributed by atoms with Crippen molar-refractivity contribution in [3.8, 4) is 22.6 Å². The second-order valence-corrected chi connectivity index (χ2v) is 13.1. The second-order valence-electron chi connectivity index (χ2n) is 13.1. The van der Waals surface area contributed by atoms with E-state index in [1.165, 1.54) is 26.0 Å². The summed E-state index contributed by atoms with van der Waals surface area (Å²) in [4.78, 5) is 14.4. The van der Waals surface area contributed by atoms with E-state index in [0.717, 1.165) is 6.07 Å². The summed E-state index contributed by atoms with van der Waals surface area (Å²) in [5.41, 5.74) is -2.88. The lowest BCUT2D eigenvalue weighted by Crippen LogP contribution is -2.35. The van der Waals surface area contributed by atoms with Gasteiger partial charge in [-0.3, -0.25) is 4.90 Å². The molecule has 0 spiro atoms. The zero-order chi connectivity index (χ0) is 36.8. The van der Waals surface area contributed by atoms with Crippen LogP contribution < -0.4 is 9.47 Å². The molecular weight excluding hydrogens is 678 g/mol. The van der Waals surface area contributed by atoms with Crippen LogP contribution in [0.2, 0.25) is 0 Å². The number of carbonyl (C=O) groups excluding carboxylic acids is 1. The zero-order valence-electron chi connectivity index (χ0n) is 27.8.